The average Bonchev–Trinajstić information content (AvgIpc) is 2.36. The maximum absolute atomic E-state index is 12.9. The summed E-state index contributed by atoms with van der Waals surface area (Å²) < 4.78 is 14.0. The standard InChI is InChI=1S/C13H12FN3O2/c1-8-7-9(14)3-4-10(8)15-13(19)11-5-6-12(18)17(2)16-11/h3-7H,1-2H3,(H,15,19). The molecule has 0 bridgehead atoms. The van der Waals surface area contributed by atoms with Gasteiger partial charge in [-0.05, 0) is 36.8 Å². The Kier molecular flexibility index (Phi) is 3.41. The first-order valence-electron chi connectivity index (χ1n) is 5.59. The van der Waals surface area contributed by atoms with E-state index in [1.165, 1.54) is 37.4 Å². The Hall–Kier alpha value is -2.50. The zero-order valence-corrected chi connectivity index (χ0v) is 10.5. The number of hydrogen-bond donors (Lipinski definition) is 1. The first-order chi connectivity index (χ1) is 8.97. The smallest absolute Gasteiger partial charge is 0.276 e. The van der Waals surface area contributed by atoms with Gasteiger partial charge in [0.2, 0.25) is 0 Å². The normalized spacial score (nSPS) is 10.3. The highest BCUT2D eigenvalue weighted by Gasteiger charge is 2.10. The van der Waals surface area contributed by atoms with E-state index >= 15 is 0 Å². The molecule has 98 valence electrons. The largest absolute Gasteiger partial charge is 0.320 e. The number of carbonyl (C=O) groups is 1. The monoisotopic (exact) mass is 261 g/mol. The summed E-state index contributed by atoms with van der Waals surface area (Å²) in [5.41, 5.74) is 0.931. The van der Waals surface area contributed by atoms with Gasteiger partial charge >= 0.3 is 0 Å². The minimum Gasteiger partial charge on any atom is -0.320 e. The molecule has 0 unspecified atom stereocenters. The zero-order chi connectivity index (χ0) is 14.0. The predicted octanol–water partition coefficient (Wildman–Crippen LogP) is 1.48. The highest BCUT2D eigenvalue weighted by Crippen LogP contribution is 2.16. The lowest BCUT2D eigenvalue weighted by Gasteiger charge is -2.08. The van der Waals surface area contributed by atoms with Gasteiger partial charge in [0.1, 0.15) is 11.5 Å². The van der Waals surface area contributed by atoms with E-state index in [2.05, 4.69) is 10.4 Å². The molecule has 5 nitrogen and oxygen atoms in total. The van der Waals surface area contributed by atoms with Crippen molar-refractivity contribution in [1.82, 2.24) is 9.78 Å². The van der Waals surface area contributed by atoms with Gasteiger partial charge in [-0.15, -0.1) is 0 Å². The van der Waals surface area contributed by atoms with Crippen molar-refractivity contribution in [3.8, 4) is 0 Å². The third-order valence-electron chi connectivity index (χ3n) is 2.63. The molecule has 0 aliphatic heterocycles. The summed E-state index contributed by atoms with van der Waals surface area (Å²) in [6.45, 7) is 1.69. The van der Waals surface area contributed by atoms with Crippen molar-refractivity contribution in [1.29, 1.82) is 0 Å². The molecular formula is C13H12FN3O2. The Morgan fingerprint density at radius 2 is 2.05 bits per heavy atom. The number of rotatable bonds is 2. The second kappa shape index (κ2) is 5.01. The lowest BCUT2D eigenvalue weighted by molar-refractivity contribution is 0.102. The molecule has 2 aromatic rings. The van der Waals surface area contributed by atoms with Gasteiger partial charge in [-0.3, -0.25) is 9.59 Å². The Balaban J connectivity index is 2.25. The number of amides is 1. The molecule has 0 fully saturated rings. The van der Waals surface area contributed by atoms with E-state index in [1.807, 2.05) is 0 Å². The minimum atomic E-state index is -0.453. The third kappa shape index (κ3) is 2.85. The molecule has 1 N–H and O–H groups in total. The number of nitrogens with zero attached hydrogens (tertiary/aromatic N) is 2. The Bertz CT molecular complexity index is 695. The lowest BCUT2D eigenvalue weighted by Crippen LogP contribution is -2.23. The minimum absolute atomic E-state index is 0.117. The van der Waals surface area contributed by atoms with Crippen LogP contribution in [-0.2, 0) is 7.05 Å². The van der Waals surface area contributed by atoms with Crippen molar-refractivity contribution in [3.63, 3.8) is 0 Å². The highest BCUT2D eigenvalue weighted by atomic mass is 19.1. The number of benzene rings is 1. The van der Waals surface area contributed by atoms with Gasteiger partial charge in [-0.25, -0.2) is 9.07 Å². The molecule has 1 aromatic carbocycles. The van der Waals surface area contributed by atoms with Crippen LogP contribution in [0, 0.1) is 12.7 Å². The van der Waals surface area contributed by atoms with Gasteiger partial charge in [-0.1, -0.05) is 0 Å². The topological polar surface area (TPSA) is 64.0 Å². The van der Waals surface area contributed by atoms with Crippen molar-refractivity contribution in [2.24, 2.45) is 7.05 Å². The summed E-state index contributed by atoms with van der Waals surface area (Å²) in [6, 6.07) is 6.67. The van der Waals surface area contributed by atoms with Crippen LogP contribution in [0.5, 0.6) is 0 Å². The zero-order valence-electron chi connectivity index (χ0n) is 10.5. The second-order valence-corrected chi connectivity index (χ2v) is 4.09. The number of halogens is 1. The van der Waals surface area contributed by atoms with Crippen molar-refractivity contribution in [3.05, 3.63) is 57.8 Å². The van der Waals surface area contributed by atoms with Crippen molar-refractivity contribution < 1.29 is 9.18 Å². The van der Waals surface area contributed by atoms with Gasteiger partial charge in [-0.2, -0.15) is 5.10 Å². The first-order valence-corrected chi connectivity index (χ1v) is 5.59. The maximum atomic E-state index is 12.9. The fourth-order valence-corrected chi connectivity index (χ4v) is 1.58. The summed E-state index contributed by atoms with van der Waals surface area (Å²) in [5, 5.41) is 6.45. The molecule has 1 heterocycles. The van der Waals surface area contributed by atoms with Gasteiger partial charge < -0.3 is 5.32 Å². The summed E-state index contributed by atoms with van der Waals surface area (Å²) >= 11 is 0. The highest BCUT2D eigenvalue weighted by molar-refractivity contribution is 6.03. The number of aryl methyl sites for hydroxylation is 2. The van der Waals surface area contributed by atoms with Gasteiger partial charge in [0, 0.05) is 18.8 Å². The molecule has 1 aromatic heterocycles. The van der Waals surface area contributed by atoms with Crippen LogP contribution < -0.4 is 10.9 Å². The average molecular weight is 261 g/mol. The SMILES string of the molecule is Cc1cc(F)ccc1NC(=O)c1ccc(=O)n(C)n1. The molecule has 6 heteroatoms. The molecule has 0 atom stereocenters. The second-order valence-electron chi connectivity index (χ2n) is 4.09. The fourth-order valence-electron chi connectivity index (χ4n) is 1.58. The summed E-state index contributed by atoms with van der Waals surface area (Å²) in [4.78, 5) is 23.1. The van der Waals surface area contributed by atoms with Crippen molar-refractivity contribution >= 4 is 11.6 Å². The molecule has 0 spiro atoms. The van der Waals surface area contributed by atoms with Crippen LogP contribution in [0.3, 0.4) is 0 Å². The quantitative estimate of drug-likeness (QED) is 0.890. The van der Waals surface area contributed by atoms with Gasteiger partial charge in [0.25, 0.3) is 11.5 Å². The molecule has 0 aliphatic carbocycles. The number of hydrogen-bond acceptors (Lipinski definition) is 3. The maximum Gasteiger partial charge on any atom is 0.276 e. The lowest BCUT2D eigenvalue weighted by atomic mass is 10.2. The fraction of sp³-hybridized carbons (Fsp3) is 0.154. The van der Waals surface area contributed by atoms with Crippen LogP contribution in [0.25, 0.3) is 0 Å². The van der Waals surface area contributed by atoms with Gasteiger partial charge in [0.05, 0.1) is 0 Å². The first kappa shape index (κ1) is 12.9. The Morgan fingerprint density at radius 1 is 1.32 bits per heavy atom. The van der Waals surface area contributed by atoms with E-state index in [9.17, 15) is 14.0 Å². The molecule has 1 amide bonds. The van der Waals surface area contributed by atoms with E-state index in [1.54, 1.807) is 6.92 Å². The van der Waals surface area contributed by atoms with E-state index in [0.717, 1.165) is 4.68 Å². The third-order valence-corrected chi connectivity index (χ3v) is 2.63. The summed E-state index contributed by atoms with van der Waals surface area (Å²) in [6.07, 6.45) is 0. The molecule has 2 rings (SSSR count). The molecule has 0 aliphatic rings. The van der Waals surface area contributed by atoms with Crippen LogP contribution in [0.1, 0.15) is 16.1 Å². The Labute approximate surface area is 108 Å². The van der Waals surface area contributed by atoms with Crippen LogP contribution in [0.4, 0.5) is 10.1 Å². The number of nitrogens with one attached hydrogen (secondary N) is 1. The van der Waals surface area contributed by atoms with Crippen LogP contribution >= 0.6 is 0 Å². The predicted molar refractivity (Wildman–Crippen MR) is 68.6 cm³/mol. The van der Waals surface area contributed by atoms with E-state index < -0.39 is 5.91 Å². The Morgan fingerprint density at radius 3 is 2.68 bits per heavy atom. The summed E-state index contributed by atoms with van der Waals surface area (Å²) in [5.74, 6) is -0.818. The molecular weight excluding hydrogens is 249 g/mol. The number of anilines is 1. The van der Waals surface area contributed by atoms with Crippen molar-refractivity contribution in [2.45, 2.75) is 6.92 Å². The van der Waals surface area contributed by atoms with Crippen LogP contribution in [0.15, 0.2) is 35.1 Å². The molecule has 0 saturated carbocycles. The van der Waals surface area contributed by atoms with Crippen LogP contribution in [0.2, 0.25) is 0 Å². The molecule has 19 heavy (non-hydrogen) atoms. The number of aromatic nitrogens is 2. The summed E-state index contributed by atoms with van der Waals surface area (Å²) in [7, 11) is 1.46. The van der Waals surface area contributed by atoms with Gasteiger partial charge in [0.15, 0.2) is 0 Å². The van der Waals surface area contributed by atoms with E-state index in [4.69, 9.17) is 0 Å². The molecule has 0 radical (unpaired) electrons. The van der Waals surface area contributed by atoms with E-state index in [-0.39, 0.29) is 17.1 Å². The number of carbonyl (C=O) groups excluding carboxylic acids is 1. The van der Waals surface area contributed by atoms with Crippen molar-refractivity contribution in [2.75, 3.05) is 5.32 Å². The van der Waals surface area contributed by atoms with E-state index in [0.29, 0.717) is 11.3 Å². The molecule has 0 saturated heterocycles. The van der Waals surface area contributed by atoms with Crippen LogP contribution in [-0.4, -0.2) is 15.7 Å².